The molecule has 4 nitrogen and oxygen atoms in total. The Balaban J connectivity index is 2.24. The largest absolute Gasteiger partial charge is 0.507 e. The molecule has 2 N–H and O–H groups in total. The van der Waals surface area contributed by atoms with Crippen LogP contribution >= 0.6 is 0 Å². The highest BCUT2D eigenvalue weighted by atomic mass is 16.5. The number of nitrogens with zero attached hydrogens (tertiary/aromatic N) is 1. The molecule has 0 fully saturated rings. The molecule has 1 heterocycles. The number of hydrogen-bond acceptors (Lipinski definition) is 4. The first kappa shape index (κ1) is 20.8. The molecule has 2 atom stereocenters. The summed E-state index contributed by atoms with van der Waals surface area (Å²) in [7, 11) is 0. The van der Waals surface area contributed by atoms with Gasteiger partial charge in [0, 0.05) is 6.42 Å². The summed E-state index contributed by atoms with van der Waals surface area (Å²) >= 11 is 0. The van der Waals surface area contributed by atoms with Crippen LogP contribution in [0.3, 0.4) is 0 Å². The molecule has 1 aliphatic rings. The molecule has 0 spiro atoms. The highest BCUT2D eigenvalue weighted by Gasteiger charge is 2.28. The first-order valence-electron chi connectivity index (χ1n) is 10.3. The first-order valence-corrected chi connectivity index (χ1v) is 10.3. The van der Waals surface area contributed by atoms with E-state index in [-0.39, 0.29) is 11.9 Å². The van der Waals surface area contributed by atoms with Crippen LogP contribution in [-0.4, -0.2) is 34.7 Å². The zero-order chi connectivity index (χ0) is 18.9. The fourth-order valence-corrected chi connectivity index (χ4v) is 3.47. The van der Waals surface area contributed by atoms with Gasteiger partial charge in [-0.15, -0.1) is 0 Å². The second-order valence-corrected chi connectivity index (χ2v) is 7.52. The number of aryl methyl sites for hydroxylation is 1. The van der Waals surface area contributed by atoms with Crippen LogP contribution in [0.1, 0.15) is 83.3 Å². The minimum Gasteiger partial charge on any atom is -0.507 e. The second-order valence-electron chi connectivity index (χ2n) is 7.52. The summed E-state index contributed by atoms with van der Waals surface area (Å²) in [5.41, 5.74) is 2.71. The van der Waals surface area contributed by atoms with Gasteiger partial charge in [0.05, 0.1) is 23.9 Å². The number of phenols is 1. The van der Waals surface area contributed by atoms with E-state index in [1.54, 1.807) is 6.92 Å². The molecule has 2 rings (SSSR count). The van der Waals surface area contributed by atoms with Gasteiger partial charge in [-0.25, -0.2) is 0 Å². The fraction of sp³-hybridized carbons (Fsp3) is 0.682. The van der Waals surface area contributed by atoms with Crippen molar-refractivity contribution in [2.24, 2.45) is 4.99 Å². The Morgan fingerprint density at radius 1 is 1.15 bits per heavy atom. The van der Waals surface area contributed by atoms with Gasteiger partial charge in [0.2, 0.25) is 0 Å². The van der Waals surface area contributed by atoms with E-state index in [4.69, 9.17) is 4.74 Å². The minimum absolute atomic E-state index is 0.104. The zero-order valence-electron chi connectivity index (χ0n) is 16.6. The third-order valence-corrected chi connectivity index (χ3v) is 4.89. The van der Waals surface area contributed by atoms with Gasteiger partial charge < -0.3 is 14.9 Å². The number of rotatable bonds is 10. The smallest absolute Gasteiger partial charge is 0.132 e. The lowest BCUT2D eigenvalue weighted by molar-refractivity contribution is 0.185. The molecule has 0 aliphatic carbocycles. The highest BCUT2D eigenvalue weighted by Crippen LogP contribution is 2.37. The molecule has 0 radical (unpaired) electrons. The van der Waals surface area contributed by atoms with Gasteiger partial charge in [-0.05, 0) is 50.3 Å². The van der Waals surface area contributed by atoms with Gasteiger partial charge in [-0.1, -0.05) is 39.5 Å². The maximum atomic E-state index is 10.6. The lowest BCUT2D eigenvalue weighted by Gasteiger charge is -2.29. The molecule has 0 saturated heterocycles. The van der Waals surface area contributed by atoms with Gasteiger partial charge in [0.25, 0.3) is 0 Å². The fourth-order valence-electron chi connectivity index (χ4n) is 3.47. The van der Waals surface area contributed by atoms with Crippen molar-refractivity contribution in [3.8, 4) is 11.5 Å². The van der Waals surface area contributed by atoms with Crippen LogP contribution in [0.25, 0.3) is 0 Å². The molecule has 1 aromatic rings. The molecule has 1 aromatic carbocycles. The van der Waals surface area contributed by atoms with Gasteiger partial charge in [-0.2, -0.15) is 0 Å². The van der Waals surface area contributed by atoms with Gasteiger partial charge in [0.15, 0.2) is 0 Å². The second kappa shape index (κ2) is 10.6. The first-order chi connectivity index (χ1) is 12.5. The van der Waals surface area contributed by atoms with Crippen molar-refractivity contribution in [2.75, 3.05) is 6.54 Å². The molecule has 26 heavy (non-hydrogen) atoms. The molecule has 0 aromatic heterocycles. The Bertz CT molecular complexity index is 595. The van der Waals surface area contributed by atoms with Gasteiger partial charge in [-0.3, -0.25) is 4.99 Å². The van der Waals surface area contributed by atoms with Crippen molar-refractivity contribution >= 4 is 5.71 Å². The topological polar surface area (TPSA) is 62.0 Å². The number of phenolic OH excluding ortho intramolecular Hbond substituents is 1. The molecule has 0 amide bonds. The van der Waals surface area contributed by atoms with Crippen molar-refractivity contribution in [3.05, 3.63) is 23.3 Å². The van der Waals surface area contributed by atoms with Gasteiger partial charge >= 0.3 is 0 Å². The van der Waals surface area contributed by atoms with E-state index in [0.717, 1.165) is 48.3 Å². The number of hydrogen-bond donors (Lipinski definition) is 2. The normalized spacial score (nSPS) is 19.2. The molecule has 0 saturated carbocycles. The lowest BCUT2D eigenvalue weighted by Crippen LogP contribution is -2.28. The number of benzene rings is 1. The van der Waals surface area contributed by atoms with Crippen LogP contribution in [0.5, 0.6) is 11.5 Å². The van der Waals surface area contributed by atoms with Crippen LogP contribution in [-0.2, 0) is 6.42 Å². The summed E-state index contributed by atoms with van der Waals surface area (Å²) in [5.74, 6) is 1.01. The third-order valence-electron chi connectivity index (χ3n) is 4.89. The quantitative estimate of drug-likeness (QED) is 0.575. The molecule has 2 unspecified atom stereocenters. The van der Waals surface area contributed by atoms with Crippen molar-refractivity contribution in [2.45, 2.75) is 90.8 Å². The number of aliphatic hydroxyl groups excluding tert-OH is 1. The predicted octanol–water partition coefficient (Wildman–Crippen LogP) is 5.03. The monoisotopic (exact) mass is 361 g/mol. The van der Waals surface area contributed by atoms with Crippen molar-refractivity contribution < 1.29 is 14.9 Å². The summed E-state index contributed by atoms with van der Waals surface area (Å²) < 4.78 is 6.24. The molecule has 0 bridgehead atoms. The maximum absolute atomic E-state index is 10.6. The Kier molecular flexibility index (Phi) is 8.43. The zero-order valence-corrected chi connectivity index (χ0v) is 16.6. The van der Waals surface area contributed by atoms with E-state index < -0.39 is 6.10 Å². The van der Waals surface area contributed by atoms with Crippen molar-refractivity contribution in [1.29, 1.82) is 0 Å². The molecular formula is C22H35NO3. The molecule has 146 valence electrons. The summed E-state index contributed by atoms with van der Waals surface area (Å²) in [6.45, 7) is 6.49. The average Bonchev–Trinajstić information content (AvgIpc) is 2.60. The van der Waals surface area contributed by atoms with Crippen LogP contribution in [0.2, 0.25) is 0 Å². The highest BCUT2D eigenvalue weighted by molar-refractivity contribution is 6.06. The Morgan fingerprint density at radius 2 is 1.88 bits per heavy atom. The van der Waals surface area contributed by atoms with Crippen LogP contribution in [0, 0.1) is 0 Å². The average molecular weight is 362 g/mol. The SMILES string of the molecule is CCCCCc1cc(O)c2c(c1)OC(CCCCC)CC2=NCC(C)O. The Hall–Kier alpha value is -1.55. The number of unbranched alkanes of at least 4 members (excludes halogenated alkanes) is 4. The summed E-state index contributed by atoms with van der Waals surface area (Å²) in [6, 6.07) is 3.93. The van der Waals surface area contributed by atoms with Crippen LogP contribution in [0.4, 0.5) is 0 Å². The third kappa shape index (κ3) is 6.01. The Morgan fingerprint density at radius 3 is 2.58 bits per heavy atom. The van der Waals surface area contributed by atoms with E-state index in [2.05, 4.69) is 24.9 Å². The number of aromatic hydroxyl groups is 1. The number of aliphatic imine (C=N–C) groups is 1. The van der Waals surface area contributed by atoms with E-state index in [9.17, 15) is 10.2 Å². The summed E-state index contributed by atoms with van der Waals surface area (Å²) in [6.07, 6.45) is 9.31. The molecular weight excluding hydrogens is 326 g/mol. The van der Waals surface area contributed by atoms with E-state index in [1.165, 1.54) is 25.7 Å². The van der Waals surface area contributed by atoms with Crippen molar-refractivity contribution in [3.63, 3.8) is 0 Å². The van der Waals surface area contributed by atoms with E-state index >= 15 is 0 Å². The number of aliphatic hydroxyl groups is 1. The molecule has 1 aliphatic heterocycles. The van der Waals surface area contributed by atoms with Crippen molar-refractivity contribution in [1.82, 2.24) is 0 Å². The predicted molar refractivity (Wildman–Crippen MR) is 108 cm³/mol. The van der Waals surface area contributed by atoms with E-state index in [0.29, 0.717) is 13.0 Å². The summed E-state index contributed by atoms with van der Waals surface area (Å²) in [5, 5.41) is 20.2. The standard InChI is InChI=1S/C22H35NO3/c1-4-6-8-10-17-12-20(25)22-19(23-15-16(3)24)14-18(11-9-7-5-2)26-21(22)13-17/h12-13,16,18,24-25H,4-11,14-15H2,1-3H3. The van der Waals surface area contributed by atoms with Crippen LogP contribution < -0.4 is 4.74 Å². The van der Waals surface area contributed by atoms with Crippen LogP contribution in [0.15, 0.2) is 17.1 Å². The Labute approximate surface area is 158 Å². The van der Waals surface area contributed by atoms with Gasteiger partial charge in [0.1, 0.15) is 17.6 Å². The number of ether oxygens (including phenoxy) is 1. The van der Waals surface area contributed by atoms with E-state index in [1.807, 2.05) is 6.07 Å². The maximum Gasteiger partial charge on any atom is 0.132 e. The number of fused-ring (bicyclic) bond motifs is 1. The molecule has 4 heteroatoms. The minimum atomic E-state index is -0.484. The lowest BCUT2D eigenvalue weighted by atomic mass is 9.93. The summed E-state index contributed by atoms with van der Waals surface area (Å²) in [4.78, 5) is 4.60.